The fourth-order valence-electron chi connectivity index (χ4n) is 7.08. The van der Waals surface area contributed by atoms with Crippen LogP contribution in [-0.2, 0) is 17.4 Å². The Hall–Kier alpha value is -2.02. The number of likely N-dealkylation sites (tertiary alicyclic amines) is 1. The number of nitrogens with one attached hydrogen (secondary N) is 1. The van der Waals surface area contributed by atoms with Crippen molar-refractivity contribution in [3.8, 4) is 0 Å². The van der Waals surface area contributed by atoms with Gasteiger partial charge in [-0.1, -0.05) is 24.3 Å². The Kier molecular flexibility index (Phi) is 3.96. The molecule has 1 spiro atoms. The summed E-state index contributed by atoms with van der Waals surface area (Å²) in [5.74, 6) is 0.919. The number of rotatable bonds is 4. The van der Waals surface area contributed by atoms with E-state index in [1.165, 1.54) is 36.6 Å². The van der Waals surface area contributed by atoms with Crippen molar-refractivity contribution in [2.75, 3.05) is 19.6 Å². The van der Waals surface area contributed by atoms with Gasteiger partial charge < -0.3 is 5.11 Å². The lowest BCUT2D eigenvalue weighted by Gasteiger charge is -2.63. The number of hydrogen-bond acceptors (Lipinski definition) is 5. The van der Waals surface area contributed by atoms with E-state index in [0.717, 1.165) is 56.0 Å². The molecule has 4 fully saturated rings. The Bertz CT molecular complexity index is 1190. The standard InChI is InChI=1S/C26H33N5O/c1-24(15-19-5-2-3-6-20(19)27-16-24)21-11-22-25(7-4-9-31(22)29-21)8-10-30(17-25)23(32)28-26-12-18(13-26)14-26/h2-3,5-6,11,15,18,23,28,32H,4,7-10,12-14,16-17H2,1H3. The molecule has 3 aliphatic heterocycles. The van der Waals surface area contributed by atoms with E-state index in [1.54, 1.807) is 0 Å². The number of hydrogen-bond donors (Lipinski definition) is 2. The summed E-state index contributed by atoms with van der Waals surface area (Å²) < 4.78 is 2.27. The maximum absolute atomic E-state index is 11.0. The average Bonchev–Trinajstić information content (AvgIpc) is 3.36. The van der Waals surface area contributed by atoms with Crippen LogP contribution >= 0.6 is 0 Å². The average molecular weight is 432 g/mol. The van der Waals surface area contributed by atoms with Crippen LogP contribution in [0.3, 0.4) is 0 Å². The van der Waals surface area contributed by atoms with Gasteiger partial charge >= 0.3 is 0 Å². The van der Waals surface area contributed by atoms with Crippen LogP contribution in [-0.4, -0.2) is 51.3 Å². The van der Waals surface area contributed by atoms with Crippen LogP contribution in [0.25, 0.3) is 6.08 Å². The highest BCUT2D eigenvalue weighted by molar-refractivity contribution is 5.46. The Morgan fingerprint density at radius 2 is 2.00 bits per heavy atom. The molecule has 168 valence electrons. The molecule has 3 aliphatic carbocycles. The van der Waals surface area contributed by atoms with Crippen LogP contribution < -0.4 is 15.9 Å². The molecule has 1 aromatic heterocycles. The minimum absolute atomic E-state index is 0.103. The molecule has 4 heterocycles. The molecule has 32 heavy (non-hydrogen) atoms. The summed E-state index contributed by atoms with van der Waals surface area (Å²) in [6, 6.07) is 10.8. The van der Waals surface area contributed by atoms with Crippen molar-refractivity contribution in [2.24, 2.45) is 10.9 Å². The molecule has 6 heteroatoms. The van der Waals surface area contributed by atoms with Gasteiger partial charge in [0.15, 0.2) is 6.35 Å². The number of fused-ring (bicyclic) bond motifs is 3. The first-order valence-corrected chi connectivity index (χ1v) is 12.4. The molecule has 1 saturated heterocycles. The third-order valence-corrected chi connectivity index (χ3v) is 9.13. The topological polar surface area (TPSA) is 65.7 Å². The van der Waals surface area contributed by atoms with Crippen LogP contribution in [0.4, 0.5) is 0 Å². The van der Waals surface area contributed by atoms with E-state index in [4.69, 9.17) is 10.1 Å². The van der Waals surface area contributed by atoms with Crippen molar-refractivity contribution in [1.29, 1.82) is 0 Å². The zero-order valence-electron chi connectivity index (χ0n) is 18.9. The predicted molar refractivity (Wildman–Crippen MR) is 122 cm³/mol. The van der Waals surface area contributed by atoms with E-state index < -0.39 is 6.35 Å². The molecule has 0 amide bonds. The van der Waals surface area contributed by atoms with Gasteiger partial charge in [-0.25, -0.2) is 0 Å². The van der Waals surface area contributed by atoms with Gasteiger partial charge in [0.2, 0.25) is 0 Å². The zero-order valence-corrected chi connectivity index (χ0v) is 18.9. The minimum Gasteiger partial charge on any atom is -0.365 e. The van der Waals surface area contributed by atoms with Crippen LogP contribution in [0.15, 0.2) is 35.3 Å². The predicted octanol–water partition coefficient (Wildman–Crippen LogP) is 1.41. The maximum Gasteiger partial charge on any atom is 0.163 e. The van der Waals surface area contributed by atoms with E-state index in [1.807, 2.05) is 0 Å². The first-order valence-electron chi connectivity index (χ1n) is 12.4. The smallest absolute Gasteiger partial charge is 0.163 e. The number of aliphatic hydroxyl groups is 1. The maximum atomic E-state index is 11.0. The Morgan fingerprint density at radius 3 is 2.81 bits per heavy atom. The fraction of sp³-hybridized carbons (Fsp3) is 0.615. The molecule has 6 nitrogen and oxygen atoms in total. The van der Waals surface area contributed by atoms with Gasteiger partial charge in [-0.2, -0.15) is 5.10 Å². The number of para-hydroxylation sites is 1. The van der Waals surface area contributed by atoms with Gasteiger partial charge in [0.05, 0.1) is 23.0 Å². The van der Waals surface area contributed by atoms with E-state index in [9.17, 15) is 5.11 Å². The summed E-state index contributed by atoms with van der Waals surface area (Å²) in [7, 11) is 0. The summed E-state index contributed by atoms with van der Waals surface area (Å²) in [6.45, 7) is 5.86. The first-order chi connectivity index (χ1) is 15.5. The minimum atomic E-state index is -0.520. The van der Waals surface area contributed by atoms with Gasteiger partial charge in [-0.05, 0) is 68.7 Å². The van der Waals surface area contributed by atoms with Crippen LogP contribution in [0.2, 0.25) is 0 Å². The normalized spacial score (nSPS) is 38.1. The van der Waals surface area contributed by atoms with Crippen molar-refractivity contribution in [2.45, 2.75) is 74.7 Å². The second-order valence-electron chi connectivity index (χ2n) is 11.5. The number of aromatic nitrogens is 2. The SMILES string of the molecule is CC1(c2cc3n(n2)CCCC32CCN(C(O)NC34CC(C3)C4)C2)C=c2ccccc2=NC1. The molecular weight excluding hydrogens is 398 g/mol. The highest BCUT2D eigenvalue weighted by Crippen LogP contribution is 2.57. The van der Waals surface area contributed by atoms with Crippen LogP contribution in [0, 0.1) is 5.92 Å². The molecule has 6 aliphatic rings. The monoisotopic (exact) mass is 431 g/mol. The molecular formula is C26H33N5O. The quantitative estimate of drug-likeness (QED) is 0.719. The lowest BCUT2D eigenvalue weighted by molar-refractivity contribution is -0.124. The van der Waals surface area contributed by atoms with Crippen LogP contribution in [0.5, 0.6) is 0 Å². The molecule has 1 aromatic carbocycles. The van der Waals surface area contributed by atoms with E-state index in [0.29, 0.717) is 0 Å². The highest BCUT2D eigenvalue weighted by Gasteiger charge is 2.58. The van der Waals surface area contributed by atoms with Crippen LogP contribution in [0.1, 0.15) is 56.8 Å². The second-order valence-corrected chi connectivity index (χ2v) is 11.5. The fourth-order valence-corrected chi connectivity index (χ4v) is 7.08. The Morgan fingerprint density at radius 1 is 1.16 bits per heavy atom. The van der Waals surface area contributed by atoms with Gasteiger partial charge in [-0.3, -0.25) is 19.9 Å². The summed E-state index contributed by atoms with van der Waals surface area (Å²) in [4.78, 5) is 7.14. The first kappa shape index (κ1) is 19.4. The molecule has 2 aromatic rings. The van der Waals surface area contributed by atoms with Crippen molar-refractivity contribution < 1.29 is 5.11 Å². The summed E-state index contributed by atoms with van der Waals surface area (Å²) >= 11 is 0. The van der Waals surface area contributed by atoms with Gasteiger partial charge in [-0.15, -0.1) is 0 Å². The van der Waals surface area contributed by atoms with Crippen molar-refractivity contribution >= 4 is 6.08 Å². The van der Waals surface area contributed by atoms with E-state index >= 15 is 0 Å². The second kappa shape index (κ2) is 6.52. The largest absolute Gasteiger partial charge is 0.365 e. The van der Waals surface area contributed by atoms with E-state index in [-0.39, 0.29) is 16.4 Å². The Balaban J connectivity index is 1.17. The molecule has 2 bridgehead atoms. The molecule has 3 unspecified atom stereocenters. The van der Waals surface area contributed by atoms with Crippen molar-refractivity contribution in [1.82, 2.24) is 20.0 Å². The van der Waals surface area contributed by atoms with Crippen molar-refractivity contribution in [3.05, 3.63) is 52.3 Å². The number of benzene rings is 1. The molecule has 0 radical (unpaired) electrons. The lowest BCUT2D eigenvalue weighted by atomic mass is 9.50. The third kappa shape index (κ3) is 2.76. The van der Waals surface area contributed by atoms with Gasteiger partial charge in [0, 0.05) is 36.3 Å². The third-order valence-electron chi connectivity index (χ3n) is 9.13. The highest BCUT2D eigenvalue weighted by atomic mass is 16.3. The summed E-state index contributed by atoms with van der Waals surface area (Å²) in [6.07, 6.45) is 9.03. The summed E-state index contributed by atoms with van der Waals surface area (Å²) in [5, 5.41) is 21.9. The molecule has 3 saturated carbocycles. The van der Waals surface area contributed by atoms with E-state index in [2.05, 4.69) is 58.2 Å². The zero-order chi connectivity index (χ0) is 21.6. The summed E-state index contributed by atoms with van der Waals surface area (Å²) in [5.41, 5.74) is 2.67. The molecule has 2 N–H and O–H groups in total. The van der Waals surface area contributed by atoms with Gasteiger partial charge in [0.25, 0.3) is 0 Å². The van der Waals surface area contributed by atoms with Crippen molar-refractivity contribution in [3.63, 3.8) is 0 Å². The van der Waals surface area contributed by atoms with Gasteiger partial charge in [0.1, 0.15) is 0 Å². The number of nitrogens with zero attached hydrogens (tertiary/aromatic N) is 4. The number of aryl methyl sites for hydroxylation is 1. The molecule has 3 atom stereocenters. The Labute approximate surface area is 189 Å². The number of aliphatic hydroxyl groups excluding tert-OH is 1. The lowest BCUT2D eigenvalue weighted by Crippen LogP contribution is -2.70. The molecule has 8 rings (SSSR count).